The van der Waals surface area contributed by atoms with Gasteiger partial charge in [-0.3, -0.25) is 9.59 Å². The van der Waals surface area contributed by atoms with Crippen LogP contribution in [0.1, 0.15) is 12.5 Å². The van der Waals surface area contributed by atoms with Crippen LogP contribution in [0.25, 0.3) is 0 Å². The van der Waals surface area contributed by atoms with E-state index in [9.17, 15) is 9.59 Å². The number of ether oxygens (including phenoxy) is 3. The predicted molar refractivity (Wildman–Crippen MR) is 93.1 cm³/mol. The molecule has 2 aromatic carbocycles. The number of carbonyl (C=O) groups excluding carboxylic acids is 2. The number of benzene rings is 2. The van der Waals surface area contributed by atoms with E-state index in [1.165, 1.54) is 7.11 Å². The van der Waals surface area contributed by atoms with Crippen molar-refractivity contribution in [3.05, 3.63) is 53.1 Å². The highest BCUT2D eigenvalue weighted by atomic mass is 35.5. The summed E-state index contributed by atoms with van der Waals surface area (Å²) >= 11 is 6.11. The normalized spacial score (nSPS) is 11.5. The lowest BCUT2D eigenvalue weighted by atomic mass is 10.1. The maximum absolute atomic E-state index is 12.1. The summed E-state index contributed by atoms with van der Waals surface area (Å²) in [5.41, 5.74) is 5.70. The van der Waals surface area contributed by atoms with Crippen molar-refractivity contribution in [2.45, 2.75) is 19.4 Å². The molecule has 0 aliphatic rings. The van der Waals surface area contributed by atoms with E-state index in [1.807, 2.05) is 0 Å². The van der Waals surface area contributed by atoms with Gasteiger partial charge in [0.15, 0.2) is 6.10 Å². The SMILES string of the molecule is COc1cccc(Cl)c1CC(=O)Oc1ccc(OC(C)C(N)=O)cc1. The molecule has 0 heterocycles. The monoisotopic (exact) mass is 363 g/mol. The van der Waals surface area contributed by atoms with Gasteiger partial charge in [-0.1, -0.05) is 17.7 Å². The number of hydrogen-bond acceptors (Lipinski definition) is 5. The molecule has 0 saturated carbocycles. The molecule has 0 aromatic heterocycles. The molecule has 7 heteroatoms. The minimum atomic E-state index is -0.749. The Kier molecular flexibility index (Phi) is 6.25. The second-order valence-corrected chi connectivity index (χ2v) is 5.61. The highest BCUT2D eigenvalue weighted by Gasteiger charge is 2.15. The van der Waals surface area contributed by atoms with E-state index in [2.05, 4.69) is 0 Å². The Labute approximate surface area is 150 Å². The average molecular weight is 364 g/mol. The molecule has 0 spiro atoms. The van der Waals surface area contributed by atoms with Gasteiger partial charge in [-0.2, -0.15) is 0 Å². The van der Waals surface area contributed by atoms with E-state index in [0.29, 0.717) is 27.8 Å². The first-order valence-corrected chi connectivity index (χ1v) is 7.86. The third kappa shape index (κ3) is 5.12. The van der Waals surface area contributed by atoms with Crippen molar-refractivity contribution in [3.63, 3.8) is 0 Å². The molecule has 6 nitrogen and oxygen atoms in total. The zero-order chi connectivity index (χ0) is 18.4. The van der Waals surface area contributed by atoms with Crippen LogP contribution in [0.2, 0.25) is 5.02 Å². The summed E-state index contributed by atoms with van der Waals surface area (Å²) in [6, 6.07) is 11.4. The number of rotatable bonds is 7. The molecule has 25 heavy (non-hydrogen) atoms. The summed E-state index contributed by atoms with van der Waals surface area (Å²) in [4.78, 5) is 23.1. The lowest BCUT2D eigenvalue weighted by Crippen LogP contribution is -2.30. The maximum Gasteiger partial charge on any atom is 0.315 e. The summed E-state index contributed by atoms with van der Waals surface area (Å²) < 4.78 is 15.8. The quantitative estimate of drug-likeness (QED) is 0.603. The zero-order valence-electron chi connectivity index (χ0n) is 13.8. The van der Waals surface area contributed by atoms with Crippen molar-refractivity contribution >= 4 is 23.5 Å². The number of hydrogen-bond donors (Lipinski definition) is 1. The molecule has 2 N–H and O–H groups in total. The Morgan fingerprint density at radius 2 is 1.76 bits per heavy atom. The molecule has 1 atom stereocenters. The first-order valence-electron chi connectivity index (χ1n) is 7.48. The molecule has 2 aromatic rings. The fourth-order valence-electron chi connectivity index (χ4n) is 2.06. The maximum atomic E-state index is 12.1. The van der Waals surface area contributed by atoms with Gasteiger partial charge in [0.2, 0.25) is 0 Å². The van der Waals surface area contributed by atoms with E-state index in [-0.39, 0.29) is 6.42 Å². The van der Waals surface area contributed by atoms with Gasteiger partial charge in [0.25, 0.3) is 5.91 Å². The predicted octanol–water partition coefficient (Wildman–Crippen LogP) is 2.75. The molecule has 0 aliphatic heterocycles. The Balaban J connectivity index is 2.00. The van der Waals surface area contributed by atoms with Gasteiger partial charge in [-0.25, -0.2) is 0 Å². The van der Waals surface area contributed by atoms with E-state index in [1.54, 1.807) is 49.4 Å². The second-order valence-electron chi connectivity index (χ2n) is 5.21. The second kappa shape index (κ2) is 8.39. The standard InChI is InChI=1S/C18H18ClNO5/c1-11(18(20)22)24-12-6-8-13(9-7-12)25-17(21)10-14-15(19)4-3-5-16(14)23-2/h3-9,11H,10H2,1-2H3,(H2,20,22). The van der Waals surface area contributed by atoms with Crippen molar-refractivity contribution in [2.24, 2.45) is 5.73 Å². The molecule has 0 bridgehead atoms. The Bertz CT molecular complexity index is 761. The van der Waals surface area contributed by atoms with Crippen LogP contribution in [0.4, 0.5) is 0 Å². The molecule has 0 aliphatic carbocycles. The fraction of sp³-hybridized carbons (Fsp3) is 0.222. The summed E-state index contributed by atoms with van der Waals surface area (Å²) in [6.45, 7) is 1.55. The van der Waals surface area contributed by atoms with Gasteiger partial charge in [-0.05, 0) is 43.3 Å². The van der Waals surface area contributed by atoms with Crippen LogP contribution in [0.3, 0.4) is 0 Å². The molecule has 132 valence electrons. The topological polar surface area (TPSA) is 87.8 Å². The Hall–Kier alpha value is -2.73. The van der Waals surface area contributed by atoms with Crippen LogP contribution < -0.4 is 19.9 Å². The van der Waals surface area contributed by atoms with E-state index >= 15 is 0 Å². The van der Waals surface area contributed by atoms with Gasteiger partial charge in [0.1, 0.15) is 17.2 Å². The zero-order valence-corrected chi connectivity index (χ0v) is 14.6. The molecule has 2 rings (SSSR count). The third-order valence-corrected chi connectivity index (χ3v) is 3.74. The van der Waals surface area contributed by atoms with Gasteiger partial charge in [0.05, 0.1) is 13.5 Å². The number of carbonyl (C=O) groups is 2. The lowest BCUT2D eigenvalue weighted by Gasteiger charge is -2.12. The summed E-state index contributed by atoms with van der Waals surface area (Å²) in [6.07, 6.45) is -0.777. The number of primary amides is 1. The number of esters is 1. The summed E-state index contributed by atoms with van der Waals surface area (Å²) in [7, 11) is 1.51. The first kappa shape index (κ1) is 18.6. The van der Waals surface area contributed by atoms with Gasteiger partial charge < -0.3 is 19.9 Å². The van der Waals surface area contributed by atoms with E-state index in [0.717, 1.165) is 0 Å². The molecular weight excluding hydrogens is 346 g/mol. The Morgan fingerprint density at radius 1 is 1.12 bits per heavy atom. The molecule has 1 amide bonds. The first-order chi connectivity index (χ1) is 11.9. The largest absolute Gasteiger partial charge is 0.496 e. The van der Waals surface area contributed by atoms with Crippen molar-refractivity contribution in [1.82, 2.24) is 0 Å². The van der Waals surface area contributed by atoms with Crippen molar-refractivity contribution in [3.8, 4) is 17.2 Å². The average Bonchev–Trinajstić information content (AvgIpc) is 2.58. The number of amides is 1. The van der Waals surface area contributed by atoms with Crippen LogP contribution in [0, 0.1) is 0 Å². The smallest absolute Gasteiger partial charge is 0.315 e. The number of nitrogens with two attached hydrogens (primary N) is 1. The summed E-state index contributed by atoms with van der Waals surface area (Å²) in [5, 5.41) is 0.431. The van der Waals surface area contributed by atoms with Crippen molar-refractivity contribution in [2.75, 3.05) is 7.11 Å². The van der Waals surface area contributed by atoms with Gasteiger partial charge in [0, 0.05) is 10.6 Å². The lowest BCUT2D eigenvalue weighted by molar-refractivity contribution is -0.133. The van der Waals surface area contributed by atoms with Gasteiger partial charge >= 0.3 is 5.97 Å². The number of halogens is 1. The van der Waals surface area contributed by atoms with Crippen molar-refractivity contribution in [1.29, 1.82) is 0 Å². The van der Waals surface area contributed by atoms with Crippen molar-refractivity contribution < 1.29 is 23.8 Å². The minimum absolute atomic E-state index is 0.0280. The van der Waals surface area contributed by atoms with Crippen LogP contribution in [0.5, 0.6) is 17.2 Å². The van der Waals surface area contributed by atoms with Gasteiger partial charge in [-0.15, -0.1) is 0 Å². The fourth-order valence-corrected chi connectivity index (χ4v) is 2.29. The van der Waals surface area contributed by atoms with Crippen LogP contribution in [-0.2, 0) is 16.0 Å². The minimum Gasteiger partial charge on any atom is -0.496 e. The van der Waals surface area contributed by atoms with Crippen LogP contribution in [0.15, 0.2) is 42.5 Å². The number of methoxy groups -OCH3 is 1. The van der Waals surface area contributed by atoms with E-state index in [4.69, 9.17) is 31.5 Å². The van der Waals surface area contributed by atoms with Crippen LogP contribution in [-0.4, -0.2) is 25.1 Å². The van der Waals surface area contributed by atoms with Crippen LogP contribution >= 0.6 is 11.6 Å². The highest BCUT2D eigenvalue weighted by molar-refractivity contribution is 6.31. The molecule has 0 radical (unpaired) electrons. The molecule has 1 unspecified atom stereocenters. The summed E-state index contributed by atoms with van der Waals surface area (Å²) in [5.74, 6) is 0.261. The Morgan fingerprint density at radius 3 is 2.36 bits per heavy atom. The molecule has 0 saturated heterocycles. The highest BCUT2D eigenvalue weighted by Crippen LogP contribution is 2.27. The molecular formula is C18H18ClNO5. The van der Waals surface area contributed by atoms with E-state index < -0.39 is 18.0 Å². The molecule has 0 fully saturated rings. The third-order valence-electron chi connectivity index (χ3n) is 3.39.